The molecule has 0 spiro atoms. The topological polar surface area (TPSA) is 86.8 Å². The predicted molar refractivity (Wildman–Crippen MR) is 157 cm³/mol. The van der Waals surface area contributed by atoms with Gasteiger partial charge in [-0.1, -0.05) is 77.3 Å². The van der Waals surface area contributed by atoms with Gasteiger partial charge in [0.15, 0.2) is 0 Å². The van der Waals surface area contributed by atoms with Crippen molar-refractivity contribution in [3.05, 3.63) is 93.4 Å². The first-order valence-electron chi connectivity index (χ1n) is 12.1. The summed E-state index contributed by atoms with van der Waals surface area (Å²) < 4.78 is 28.5. The number of hydrogen-bond acceptors (Lipinski definition) is 4. The summed E-state index contributed by atoms with van der Waals surface area (Å²) in [4.78, 5) is 28.4. The van der Waals surface area contributed by atoms with Crippen LogP contribution in [-0.4, -0.2) is 43.3 Å². The van der Waals surface area contributed by atoms with Crippen molar-refractivity contribution in [1.82, 2.24) is 10.2 Å². The highest BCUT2D eigenvalue weighted by atomic mass is 35.5. The minimum Gasteiger partial charge on any atom is -0.350 e. The summed E-state index contributed by atoms with van der Waals surface area (Å²) >= 11 is 19.0. The Morgan fingerprint density at radius 1 is 0.872 bits per heavy atom. The maximum absolute atomic E-state index is 13.9. The fourth-order valence-electron chi connectivity index (χ4n) is 3.78. The predicted octanol–water partition coefficient (Wildman–Crippen LogP) is 6.17. The highest BCUT2D eigenvalue weighted by Gasteiger charge is 2.34. The first kappa shape index (κ1) is 30.8. The van der Waals surface area contributed by atoms with E-state index in [9.17, 15) is 18.0 Å². The quantitative estimate of drug-likeness (QED) is 0.314. The van der Waals surface area contributed by atoms with E-state index in [0.717, 1.165) is 4.31 Å². The summed E-state index contributed by atoms with van der Waals surface area (Å²) in [6, 6.07) is 18.2. The maximum atomic E-state index is 13.9. The molecule has 0 heterocycles. The average molecular weight is 611 g/mol. The van der Waals surface area contributed by atoms with E-state index in [2.05, 4.69) is 5.32 Å². The van der Waals surface area contributed by atoms with Crippen LogP contribution in [0.15, 0.2) is 77.7 Å². The van der Waals surface area contributed by atoms with Gasteiger partial charge in [-0.2, -0.15) is 0 Å². The van der Waals surface area contributed by atoms with Gasteiger partial charge in [0.2, 0.25) is 11.8 Å². The number of carbonyl (C=O) groups is 2. The molecule has 0 bridgehead atoms. The molecule has 0 aromatic heterocycles. The molecule has 1 unspecified atom stereocenters. The van der Waals surface area contributed by atoms with Crippen molar-refractivity contribution in [3.63, 3.8) is 0 Å². The van der Waals surface area contributed by atoms with Gasteiger partial charge < -0.3 is 10.2 Å². The van der Waals surface area contributed by atoms with Gasteiger partial charge in [-0.25, -0.2) is 8.42 Å². The standard InChI is InChI=1S/C28H30Cl3N3O4S/c1-19(27(36)32-28(2,3)4)33(17-20-11-8-9-14-22(20)29)25(35)18-34(24-16-10-15-23(30)26(24)31)39(37,38)21-12-6-5-7-13-21/h5-16,19H,17-18H2,1-4H3,(H,32,36). The number of benzene rings is 3. The van der Waals surface area contributed by atoms with Crippen molar-refractivity contribution in [2.24, 2.45) is 0 Å². The smallest absolute Gasteiger partial charge is 0.264 e. The van der Waals surface area contributed by atoms with E-state index < -0.39 is 40.0 Å². The van der Waals surface area contributed by atoms with E-state index in [4.69, 9.17) is 34.8 Å². The van der Waals surface area contributed by atoms with E-state index in [1.54, 1.807) is 55.5 Å². The van der Waals surface area contributed by atoms with Gasteiger partial charge >= 0.3 is 0 Å². The number of amides is 2. The molecule has 11 heteroatoms. The Morgan fingerprint density at radius 2 is 1.46 bits per heavy atom. The van der Waals surface area contributed by atoms with E-state index in [0.29, 0.717) is 10.6 Å². The lowest BCUT2D eigenvalue weighted by atomic mass is 10.1. The lowest BCUT2D eigenvalue weighted by Gasteiger charge is -2.33. The third-order valence-corrected chi connectivity index (χ3v) is 8.73. The molecule has 2 amide bonds. The molecule has 208 valence electrons. The lowest BCUT2D eigenvalue weighted by molar-refractivity contribution is -0.140. The number of hydrogen-bond donors (Lipinski definition) is 1. The molecule has 3 aromatic rings. The molecule has 1 atom stereocenters. The molecule has 1 N–H and O–H groups in total. The van der Waals surface area contributed by atoms with Gasteiger partial charge in [0.05, 0.1) is 20.6 Å². The Labute approximate surface area is 244 Å². The number of nitrogens with one attached hydrogen (secondary N) is 1. The summed E-state index contributed by atoms with van der Waals surface area (Å²) in [6.07, 6.45) is 0. The second-order valence-electron chi connectivity index (χ2n) is 9.93. The Bertz CT molecular complexity index is 1440. The van der Waals surface area contributed by atoms with Crippen LogP contribution in [0.2, 0.25) is 15.1 Å². The molecule has 0 fully saturated rings. The molecule has 39 heavy (non-hydrogen) atoms. The Morgan fingerprint density at radius 3 is 2.08 bits per heavy atom. The molecule has 0 saturated carbocycles. The SMILES string of the molecule is CC(C(=O)NC(C)(C)C)N(Cc1ccccc1Cl)C(=O)CN(c1cccc(Cl)c1Cl)S(=O)(=O)c1ccccc1. The van der Waals surface area contributed by atoms with Crippen LogP contribution >= 0.6 is 34.8 Å². The first-order chi connectivity index (χ1) is 18.2. The third kappa shape index (κ3) is 7.66. The summed E-state index contributed by atoms with van der Waals surface area (Å²) in [6.45, 7) is 6.39. The van der Waals surface area contributed by atoms with Crippen LogP contribution in [-0.2, 0) is 26.2 Å². The van der Waals surface area contributed by atoms with Gasteiger partial charge in [0.25, 0.3) is 10.0 Å². The molecular formula is C28H30Cl3N3O4S. The van der Waals surface area contributed by atoms with Crippen LogP contribution in [0.5, 0.6) is 0 Å². The van der Waals surface area contributed by atoms with Crippen LogP contribution in [0, 0.1) is 0 Å². The largest absolute Gasteiger partial charge is 0.350 e. The van der Waals surface area contributed by atoms with Crippen LogP contribution in [0.4, 0.5) is 5.69 Å². The fourth-order valence-corrected chi connectivity index (χ4v) is 5.88. The summed E-state index contributed by atoms with van der Waals surface area (Å²) in [5, 5.41) is 3.38. The van der Waals surface area contributed by atoms with Crippen molar-refractivity contribution >= 4 is 62.3 Å². The number of carbonyl (C=O) groups excluding carboxylic acids is 2. The molecule has 3 aromatic carbocycles. The maximum Gasteiger partial charge on any atom is 0.264 e. The van der Waals surface area contributed by atoms with Crippen LogP contribution < -0.4 is 9.62 Å². The molecule has 0 radical (unpaired) electrons. The number of nitrogens with zero attached hydrogens (tertiary/aromatic N) is 2. The van der Waals surface area contributed by atoms with Gasteiger partial charge in [-0.15, -0.1) is 0 Å². The zero-order valence-electron chi connectivity index (χ0n) is 22.0. The minimum atomic E-state index is -4.26. The highest BCUT2D eigenvalue weighted by Crippen LogP contribution is 2.35. The first-order valence-corrected chi connectivity index (χ1v) is 14.7. The number of sulfonamides is 1. The molecule has 0 aliphatic heterocycles. The number of anilines is 1. The molecule has 7 nitrogen and oxygen atoms in total. The van der Waals surface area contributed by atoms with E-state index in [1.165, 1.54) is 29.2 Å². The Kier molecular flexibility index (Phi) is 9.93. The zero-order chi connectivity index (χ0) is 29.0. The number of halogens is 3. The molecule has 0 aliphatic rings. The average Bonchev–Trinajstić information content (AvgIpc) is 2.87. The van der Waals surface area contributed by atoms with Gasteiger partial charge in [0, 0.05) is 17.1 Å². The van der Waals surface area contributed by atoms with Gasteiger partial charge in [-0.05, 0) is 63.6 Å². The third-order valence-electron chi connectivity index (χ3n) is 5.77. The monoisotopic (exact) mass is 609 g/mol. The van der Waals surface area contributed by atoms with Gasteiger partial charge in [-0.3, -0.25) is 13.9 Å². The lowest BCUT2D eigenvalue weighted by Crippen LogP contribution is -2.54. The second-order valence-corrected chi connectivity index (χ2v) is 13.0. The van der Waals surface area contributed by atoms with Crippen LogP contribution in [0.25, 0.3) is 0 Å². The number of rotatable bonds is 9. The van der Waals surface area contributed by atoms with E-state index >= 15 is 0 Å². The van der Waals surface area contributed by atoms with Gasteiger partial charge in [0.1, 0.15) is 12.6 Å². The summed E-state index contributed by atoms with van der Waals surface area (Å²) in [5.74, 6) is -1.04. The summed E-state index contributed by atoms with van der Waals surface area (Å²) in [5.41, 5.74) is 0.0774. The van der Waals surface area contributed by atoms with Crippen molar-refractivity contribution in [1.29, 1.82) is 0 Å². The van der Waals surface area contributed by atoms with Crippen molar-refractivity contribution in [2.75, 3.05) is 10.8 Å². The normalized spacial score (nSPS) is 12.5. The minimum absolute atomic E-state index is 0.0253. The molecule has 3 rings (SSSR count). The van der Waals surface area contributed by atoms with Crippen molar-refractivity contribution in [2.45, 2.75) is 50.7 Å². The van der Waals surface area contributed by atoms with Crippen molar-refractivity contribution < 1.29 is 18.0 Å². The second kappa shape index (κ2) is 12.6. The summed E-state index contributed by atoms with van der Waals surface area (Å²) in [7, 11) is -4.26. The van der Waals surface area contributed by atoms with E-state index in [1.807, 2.05) is 20.8 Å². The Balaban J connectivity index is 2.08. The zero-order valence-corrected chi connectivity index (χ0v) is 25.1. The molecule has 0 aliphatic carbocycles. The van der Waals surface area contributed by atoms with Crippen molar-refractivity contribution in [3.8, 4) is 0 Å². The highest BCUT2D eigenvalue weighted by molar-refractivity contribution is 7.92. The van der Waals surface area contributed by atoms with Crippen LogP contribution in [0.1, 0.15) is 33.3 Å². The molecule has 0 saturated heterocycles. The Hall–Kier alpha value is -2.78. The van der Waals surface area contributed by atoms with Crippen LogP contribution in [0.3, 0.4) is 0 Å². The molecular weight excluding hydrogens is 581 g/mol. The van der Waals surface area contributed by atoms with E-state index in [-0.39, 0.29) is 27.2 Å². The fraction of sp³-hybridized carbons (Fsp3) is 0.286.